The monoisotopic (exact) mass is 859 g/mol. The Hall–Kier alpha value is -1.82. The van der Waals surface area contributed by atoms with Gasteiger partial charge >= 0.3 is 67.3 Å². The molecule has 0 saturated heterocycles. The Morgan fingerprint density at radius 3 is 1.29 bits per heavy atom. The van der Waals surface area contributed by atoms with Gasteiger partial charge in [0.05, 0.1) is 0 Å². The fourth-order valence-electron chi connectivity index (χ4n) is 7.74. The van der Waals surface area contributed by atoms with Crippen molar-refractivity contribution in [3.8, 4) is 0 Å². The molecule has 0 aromatic heterocycles. The number of rotatable bonds is 33. The number of hydrogen-bond acceptors (Lipinski definition) is 0. The molecule has 56 heavy (non-hydrogen) atoms. The first-order chi connectivity index (χ1) is 27.6. The first-order valence-electron chi connectivity index (χ1n) is 24.1. The van der Waals surface area contributed by atoms with E-state index in [0.717, 1.165) is 86.3 Å². The number of unbranched alkanes of at least 4 members (excludes halogenated alkanes) is 19. The summed E-state index contributed by atoms with van der Waals surface area (Å²) in [7, 11) is 0. The van der Waals surface area contributed by atoms with E-state index in [9.17, 15) is 5.53 Å². The standard InChI is InChI=1S/C45H70N2.2C4H9.Pd/c1-5-9-13-14-15-16-17-18-19-20-21-22-23-24-25-28-39-29-26-30-41(37-39)45-43(32-12-8-4)42(31-11-7-3)44(47(45)46)40-35-33-38(34-36-40)27-10-6-2;2*1-3-4-2;/h26,29-30,33-37H,5-25,27-28,31-32H2,1-4H3;2*1,3-4H2,2H3;. The van der Waals surface area contributed by atoms with Gasteiger partial charge in [0.25, 0.3) is 0 Å². The molecule has 3 rings (SSSR count). The normalized spacial score (nSPS) is 12.9. The average molecular weight is 860 g/mol. The van der Waals surface area contributed by atoms with Crippen LogP contribution in [0.3, 0.4) is 0 Å². The third kappa shape index (κ3) is 20.7. The maximum atomic E-state index is 11.9. The van der Waals surface area contributed by atoms with Gasteiger partial charge in [0, 0.05) is 22.3 Å². The minimum atomic E-state index is 1.01. The molecule has 0 spiro atoms. The van der Waals surface area contributed by atoms with Crippen molar-refractivity contribution in [2.24, 2.45) is 0 Å². The van der Waals surface area contributed by atoms with E-state index in [1.807, 2.05) is 0 Å². The summed E-state index contributed by atoms with van der Waals surface area (Å²) in [4.78, 5) is 3.01. The quantitative estimate of drug-likeness (QED) is 0.0388. The van der Waals surface area contributed by atoms with Gasteiger partial charge in [-0.25, -0.2) is 4.70 Å². The molecular weight excluding hydrogens is 771 g/mol. The molecule has 0 aliphatic carbocycles. The van der Waals surface area contributed by atoms with E-state index in [4.69, 9.17) is 0 Å². The summed E-state index contributed by atoms with van der Waals surface area (Å²) in [6, 6.07) is 18.1. The van der Waals surface area contributed by atoms with E-state index in [1.54, 1.807) is 4.70 Å². The van der Waals surface area contributed by atoms with Crippen molar-refractivity contribution < 1.29 is 22.7 Å². The molecule has 0 fully saturated rings. The van der Waals surface area contributed by atoms with Crippen molar-refractivity contribution in [2.45, 2.75) is 238 Å². The van der Waals surface area contributed by atoms with Gasteiger partial charge in [-0.3, -0.25) is 0 Å². The van der Waals surface area contributed by atoms with E-state index >= 15 is 0 Å². The Balaban J connectivity index is 0.00000107. The van der Waals surface area contributed by atoms with Crippen molar-refractivity contribution in [3.05, 3.63) is 87.5 Å². The second-order valence-corrected chi connectivity index (χ2v) is 18.9. The molecule has 2 aromatic carbocycles. The molecule has 0 radical (unpaired) electrons. The summed E-state index contributed by atoms with van der Waals surface area (Å²) < 4.78 is 1.56. The molecule has 1 aliphatic heterocycles. The Kier molecular flexibility index (Phi) is 30.6. The van der Waals surface area contributed by atoms with Gasteiger partial charge in [-0.05, 0) is 86.8 Å². The maximum absolute atomic E-state index is 11.9. The molecule has 320 valence electrons. The third-order valence-electron chi connectivity index (χ3n) is 11.4. The summed E-state index contributed by atoms with van der Waals surface area (Å²) in [5.74, 6) is 0. The topological polar surface area (TPSA) is 25.3 Å². The van der Waals surface area contributed by atoms with Crippen LogP contribution in [-0.4, -0.2) is 4.70 Å². The molecule has 0 atom stereocenters. The summed E-state index contributed by atoms with van der Waals surface area (Å²) in [5.41, 5.74) is 21.8. The molecule has 1 heterocycles. The van der Waals surface area contributed by atoms with Gasteiger partial charge in [0.1, 0.15) is 0 Å². The van der Waals surface area contributed by atoms with Gasteiger partial charge in [-0.1, -0.05) is 161 Å². The summed E-state index contributed by atoms with van der Waals surface area (Å²) in [5, 5.41) is 0. The predicted molar refractivity (Wildman–Crippen MR) is 246 cm³/mol. The fourth-order valence-corrected chi connectivity index (χ4v) is 10.0. The van der Waals surface area contributed by atoms with Gasteiger partial charge in [0.15, 0.2) is 0 Å². The van der Waals surface area contributed by atoms with Crippen LogP contribution >= 0.6 is 0 Å². The second-order valence-electron chi connectivity index (χ2n) is 16.6. The molecule has 2 nitrogen and oxygen atoms in total. The van der Waals surface area contributed by atoms with E-state index in [-0.39, 0.29) is 0 Å². The zero-order chi connectivity index (χ0) is 40.5. The second kappa shape index (κ2) is 34.1. The van der Waals surface area contributed by atoms with Gasteiger partial charge in [0.2, 0.25) is 11.4 Å². The summed E-state index contributed by atoms with van der Waals surface area (Å²) >= 11 is 1.07. The molecule has 0 bridgehead atoms. The zero-order valence-corrected chi connectivity index (χ0v) is 39.3. The Labute approximate surface area is 357 Å². The number of benzene rings is 2. The SMILES string of the molecule is CCCCCCCCCCCCCCCCCc1cccc(C2=C(CCCC)C(CCCC)=C(c3ccc(CCCC)cc3)[N+]2=[N-])c1.CCC[CH2][Pd][CH2]CCC. The average Bonchev–Trinajstić information content (AvgIpc) is 3.50. The Bertz CT molecular complexity index is 1330. The van der Waals surface area contributed by atoms with Crippen LogP contribution in [0.1, 0.15) is 237 Å². The number of nitrogens with zero attached hydrogens (tertiary/aromatic N) is 2. The molecular formula is C53H88N2Pd. The van der Waals surface area contributed by atoms with Gasteiger partial charge in [-0.15, -0.1) is 0 Å². The van der Waals surface area contributed by atoms with Crippen LogP contribution in [0.2, 0.25) is 9.79 Å². The molecule has 1 aliphatic rings. The van der Waals surface area contributed by atoms with E-state index < -0.39 is 0 Å². The fraction of sp³-hybridized carbons (Fsp3) is 0.698. The Morgan fingerprint density at radius 1 is 0.393 bits per heavy atom. The molecule has 0 amide bonds. The number of allylic oxidation sites excluding steroid dienone is 2. The molecule has 0 saturated carbocycles. The first kappa shape index (κ1) is 50.3. The van der Waals surface area contributed by atoms with Crippen LogP contribution in [0.25, 0.3) is 16.9 Å². The molecule has 2 aromatic rings. The van der Waals surface area contributed by atoms with E-state index in [1.165, 1.54) is 172 Å². The number of hydrogen-bond donors (Lipinski definition) is 0. The van der Waals surface area contributed by atoms with Crippen LogP contribution in [-0.2, 0) is 30.8 Å². The zero-order valence-electron chi connectivity index (χ0n) is 37.7. The first-order valence-corrected chi connectivity index (χ1v) is 26.3. The third-order valence-corrected chi connectivity index (χ3v) is 13.6. The minimum absolute atomic E-state index is 1.01. The Morgan fingerprint density at radius 2 is 0.804 bits per heavy atom. The number of aryl methyl sites for hydroxylation is 2. The summed E-state index contributed by atoms with van der Waals surface area (Å²) in [6.07, 6.45) is 38.0. The van der Waals surface area contributed by atoms with Crippen LogP contribution in [0.4, 0.5) is 0 Å². The van der Waals surface area contributed by atoms with Crippen LogP contribution in [0.15, 0.2) is 59.7 Å². The van der Waals surface area contributed by atoms with Crippen LogP contribution < -0.4 is 0 Å². The van der Waals surface area contributed by atoms with Crippen LogP contribution in [0, 0.1) is 0 Å². The summed E-state index contributed by atoms with van der Waals surface area (Å²) in [6.45, 7) is 13.6. The van der Waals surface area contributed by atoms with Crippen molar-refractivity contribution in [1.82, 2.24) is 0 Å². The molecule has 0 N–H and O–H groups in total. The van der Waals surface area contributed by atoms with Crippen molar-refractivity contribution in [2.75, 3.05) is 0 Å². The van der Waals surface area contributed by atoms with Gasteiger partial charge < -0.3 is 5.53 Å². The molecule has 0 unspecified atom stereocenters. The van der Waals surface area contributed by atoms with Gasteiger partial charge in [-0.2, -0.15) is 0 Å². The van der Waals surface area contributed by atoms with Crippen molar-refractivity contribution in [3.63, 3.8) is 0 Å². The molecule has 3 heteroatoms. The predicted octanol–water partition coefficient (Wildman–Crippen LogP) is 18.5. The van der Waals surface area contributed by atoms with E-state index in [0.29, 0.717) is 0 Å². The van der Waals surface area contributed by atoms with Crippen molar-refractivity contribution >= 4 is 11.4 Å². The van der Waals surface area contributed by atoms with Crippen molar-refractivity contribution in [1.29, 1.82) is 0 Å². The van der Waals surface area contributed by atoms with Crippen LogP contribution in [0.5, 0.6) is 0 Å². The van der Waals surface area contributed by atoms with E-state index in [2.05, 4.69) is 90.1 Å².